The Hall–Kier alpha value is -3.07. The van der Waals surface area contributed by atoms with Gasteiger partial charge in [0.05, 0.1) is 6.54 Å². The number of hydrogen-bond acceptors (Lipinski definition) is 5. The molecule has 1 atom stereocenters. The summed E-state index contributed by atoms with van der Waals surface area (Å²) in [5.41, 5.74) is -0.410. The van der Waals surface area contributed by atoms with E-state index in [0.717, 1.165) is 6.92 Å². The van der Waals surface area contributed by atoms with Crippen molar-refractivity contribution in [3.63, 3.8) is 0 Å². The van der Waals surface area contributed by atoms with Gasteiger partial charge in [-0.3, -0.25) is 4.79 Å². The van der Waals surface area contributed by atoms with Crippen LogP contribution in [0.3, 0.4) is 0 Å². The molecule has 180 valence electrons. The smallest absolute Gasteiger partial charge is 0.451 e. The predicted octanol–water partition coefficient (Wildman–Crippen LogP) is 3.71. The Bertz CT molecular complexity index is 848. The van der Waals surface area contributed by atoms with Gasteiger partial charge in [-0.25, -0.2) is 9.59 Å². The van der Waals surface area contributed by atoms with Crippen molar-refractivity contribution in [3.05, 3.63) is 29.8 Å². The van der Waals surface area contributed by atoms with Gasteiger partial charge in [0, 0.05) is 6.92 Å². The van der Waals surface area contributed by atoms with Crippen molar-refractivity contribution in [2.45, 2.75) is 37.2 Å². The van der Waals surface area contributed by atoms with Crippen LogP contribution in [0.25, 0.3) is 0 Å². The Kier molecular flexibility index (Phi) is 7.75. The zero-order valence-corrected chi connectivity index (χ0v) is 15.4. The molecule has 0 aliphatic rings. The molecule has 0 radical (unpaired) electrons. The minimum Gasteiger partial charge on any atom is -0.451 e. The zero-order chi connectivity index (χ0) is 25.1. The molecule has 0 spiro atoms. The average molecular weight is 487 g/mol. The molecule has 1 unspecified atom stereocenters. The number of halogens is 10. The number of nitrogens with one attached hydrogen (secondary N) is 1. The lowest BCUT2D eigenvalue weighted by molar-refractivity contribution is -0.282. The Morgan fingerprint density at radius 3 is 1.66 bits per heavy atom. The number of esters is 2. The van der Waals surface area contributed by atoms with E-state index < -0.39 is 66.0 Å². The number of carbonyl (C=O) groups is 3. The number of benzene rings is 1. The number of amides is 1. The second-order valence-electron chi connectivity index (χ2n) is 5.93. The molecular weight excluding hydrogens is 476 g/mol. The topological polar surface area (TPSA) is 81.7 Å². The summed E-state index contributed by atoms with van der Waals surface area (Å²) in [4.78, 5) is 33.3. The van der Waals surface area contributed by atoms with Crippen molar-refractivity contribution in [2.24, 2.45) is 0 Å². The fourth-order valence-corrected chi connectivity index (χ4v) is 1.82. The van der Waals surface area contributed by atoms with Crippen molar-refractivity contribution in [3.8, 4) is 5.75 Å². The third kappa shape index (κ3) is 6.23. The molecule has 1 aromatic carbocycles. The van der Waals surface area contributed by atoms with Gasteiger partial charge in [-0.05, 0) is 17.7 Å². The van der Waals surface area contributed by atoms with Crippen LogP contribution in [0.4, 0.5) is 43.9 Å². The van der Waals surface area contributed by atoms with E-state index in [-0.39, 0.29) is 0 Å². The van der Waals surface area contributed by atoms with Crippen molar-refractivity contribution < 1.29 is 67.8 Å². The van der Waals surface area contributed by atoms with Gasteiger partial charge in [0.25, 0.3) is 0 Å². The Morgan fingerprint density at radius 2 is 1.25 bits per heavy atom. The van der Waals surface area contributed by atoms with Gasteiger partial charge in [0.15, 0.2) is 0 Å². The highest BCUT2D eigenvalue weighted by Crippen LogP contribution is 2.38. The fraction of sp³-hybridized carbons (Fsp3) is 0.438. The summed E-state index contributed by atoms with van der Waals surface area (Å²) in [6.07, 6.45) is -14.5. The molecule has 0 aliphatic heterocycles. The van der Waals surface area contributed by atoms with E-state index in [9.17, 15) is 58.3 Å². The summed E-state index contributed by atoms with van der Waals surface area (Å²) >= 11 is 0. The van der Waals surface area contributed by atoms with Gasteiger partial charge >= 0.3 is 36.1 Å². The maximum atomic E-state index is 13.1. The number of hydrogen-bond donors (Lipinski definition) is 1. The highest BCUT2D eigenvalue weighted by Gasteiger charge is 2.66. The van der Waals surface area contributed by atoms with Gasteiger partial charge in [0.2, 0.25) is 5.91 Å². The van der Waals surface area contributed by atoms with E-state index in [2.05, 4.69) is 9.47 Å². The molecule has 1 aromatic rings. The first-order valence-corrected chi connectivity index (χ1v) is 7.97. The molecule has 0 saturated carbocycles. The first kappa shape index (κ1) is 27.0. The maximum Gasteiger partial charge on any atom is 0.465 e. The lowest BCUT2D eigenvalue weighted by Gasteiger charge is -2.23. The Morgan fingerprint density at radius 1 is 0.812 bits per heavy atom. The van der Waals surface area contributed by atoms with Crippen molar-refractivity contribution in [1.82, 2.24) is 5.32 Å². The van der Waals surface area contributed by atoms with Crippen LogP contribution >= 0.6 is 0 Å². The summed E-state index contributed by atoms with van der Waals surface area (Å²) in [6, 6.07) is 2.52. The molecule has 0 aromatic heterocycles. The van der Waals surface area contributed by atoms with Crippen LogP contribution in [0, 0.1) is 0 Å². The minimum absolute atomic E-state index is 0.410. The second kappa shape index (κ2) is 9.20. The summed E-state index contributed by atoms with van der Waals surface area (Å²) in [5, 5.41) is 1.97. The van der Waals surface area contributed by atoms with Gasteiger partial charge in [-0.2, -0.15) is 43.9 Å². The Balaban J connectivity index is 3.09. The summed E-state index contributed by atoms with van der Waals surface area (Å²) in [7, 11) is 0. The lowest BCUT2D eigenvalue weighted by atomic mass is 10.1. The molecule has 16 heteroatoms. The molecule has 1 N–H and O–H groups in total. The minimum atomic E-state index is -6.30. The zero-order valence-electron chi connectivity index (χ0n) is 15.4. The average Bonchev–Trinajstić information content (AvgIpc) is 2.63. The third-order valence-electron chi connectivity index (χ3n) is 3.47. The van der Waals surface area contributed by atoms with Crippen molar-refractivity contribution >= 4 is 17.8 Å². The molecule has 1 rings (SSSR count). The van der Waals surface area contributed by atoms with Crippen LogP contribution in [0.1, 0.15) is 18.6 Å². The number of rotatable bonds is 7. The molecule has 0 fully saturated rings. The maximum absolute atomic E-state index is 13.1. The van der Waals surface area contributed by atoms with Crippen LogP contribution < -0.4 is 10.1 Å². The quantitative estimate of drug-likeness (QED) is 0.361. The monoisotopic (exact) mass is 487 g/mol. The molecule has 1 amide bonds. The van der Waals surface area contributed by atoms with Crippen LogP contribution in [0.2, 0.25) is 0 Å². The van der Waals surface area contributed by atoms with E-state index in [0.29, 0.717) is 24.3 Å². The molecule has 0 bridgehead atoms. The highest BCUT2D eigenvalue weighted by molar-refractivity contribution is 5.81. The van der Waals surface area contributed by atoms with Crippen LogP contribution in [0.5, 0.6) is 5.75 Å². The summed E-state index contributed by atoms with van der Waals surface area (Å²) in [6.45, 7) is 0.104. The van der Waals surface area contributed by atoms with Crippen LogP contribution in [-0.2, 0) is 19.1 Å². The number of ether oxygens (including phenoxy) is 2. The van der Waals surface area contributed by atoms with Gasteiger partial charge < -0.3 is 14.8 Å². The SMILES string of the molecule is CC(=O)NCC(OC(=O)C(F)(F)C(F)(F)F)c1ccc(OC(=O)C(F)(F)C(F)(F)F)cc1. The first-order valence-electron chi connectivity index (χ1n) is 7.97. The first-order chi connectivity index (χ1) is 14.3. The molecule has 0 heterocycles. The predicted molar refractivity (Wildman–Crippen MR) is 81.6 cm³/mol. The van der Waals surface area contributed by atoms with Gasteiger partial charge in [0.1, 0.15) is 11.9 Å². The van der Waals surface area contributed by atoms with E-state index in [1.807, 2.05) is 5.32 Å². The molecule has 32 heavy (non-hydrogen) atoms. The standard InChI is InChI=1S/C16H11F10NO5/c1-7(28)27-6-10(32-12(30)14(19,20)16(24,25)26)8-2-4-9(5-3-8)31-11(29)13(17,18)15(21,22)23/h2-5,10H,6H2,1H3,(H,27,28). The second-order valence-corrected chi connectivity index (χ2v) is 5.93. The third-order valence-corrected chi connectivity index (χ3v) is 3.47. The van der Waals surface area contributed by atoms with Crippen molar-refractivity contribution in [1.29, 1.82) is 0 Å². The normalized spacial score (nSPS) is 13.8. The fourth-order valence-electron chi connectivity index (χ4n) is 1.82. The Labute approximate surface area is 171 Å². The highest BCUT2D eigenvalue weighted by atomic mass is 19.4. The van der Waals surface area contributed by atoms with E-state index in [4.69, 9.17) is 0 Å². The van der Waals surface area contributed by atoms with E-state index in [1.165, 1.54) is 0 Å². The summed E-state index contributed by atoms with van der Waals surface area (Å²) in [5.74, 6) is -19.5. The van der Waals surface area contributed by atoms with E-state index >= 15 is 0 Å². The number of alkyl halides is 10. The summed E-state index contributed by atoms with van der Waals surface area (Å²) < 4.78 is 133. The lowest BCUT2D eigenvalue weighted by Crippen LogP contribution is -2.46. The largest absolute Gasteiger partial charge is 0.465 e. The molecule has 6 nitrogen and oxygen atoms in total. The van der Waals surface area contributed by atoms with E-state index in [1.54, 1.807) is 0 Å². The van der Waals surface area contributed by atoms with Gasteiger partial charge in [-0.1, -0.05) is 12.1 Å². The molecular formula is C16H11F10NO5. The van der Waals surface area contributed by atoms with Crippen LogP contribution in [-0.4, -0.2) is 48.6 Å². The van der Waals surface area contributed by atoms with Crippen molar-refractivity contribution in [2.75, 3.05) is 6.54 Å². The number of carbonyl (C=O) groups excluding carboxylic acids is 3. The van der Waals surface area contributed by atoms with Gasteiger partial charge in [-0.15, -0.1) is 0 Å². The molecule has 0 aliphatic carbocycles. The molecule has 0 saturated heterocycles. The van der Waals surface area contributed by atoms with Crippen LogP contribution in [0.15, 0.2) is 24.3 Å².